The number of thiophene rings is 1. The van der Waals surface area contributed by atoms with Gasteiger partial charge in [0.25, 0.3) is 5.91 Å². The van der Waals surface area contributed by atoms with Crippen LogP contribution in [0.5, 0.6) is 0 Å². The molecule has 0 radical (unpaired) electrons. The molecule has 1 rings (SSSR count). The molecule has 18 heavy (non-hydrogen) atoms. The van der Waals surface area contributed by atoms with Crippen molar-refractivity contribution < 1.29 is 9.59 Å². The third-order valence-corrected chi connectivity index (χ3v) is 4.04. The Kier molecular flexibility index (Phi) is 6.07. The van der Waals surface area contributed by atoms with Crippen LogP contribution in [-0.2, 0) is 4.79 Å². The maximum Gasteiger partial charge on any atom is 0.252 e. The van der Waals surface area contributed by atoms with E-state index in [1.807, 2.05) is 13.8 Å². The molecule has 0 aliphatic heterocycles. The maximum atomic E-state index is 11.8. The maximum absolute atomic E-state index is 11.8. The number of amides is 2. The van der Waals surface area contributed by atoms with Crippen molar-refractivity contribution in [3.05, 3.63) is 19.9 Å². The summed E-state index contributed by atoms with van der Waals surface area (Å²) in [4.78, 5) is 23.5. The Morgan fingerprint density at radius 1 is 1.39 bits per heavy atom. The van der Waals surface area contributed by atoms with Crippen molar-refractivity contribution in [2.24, 2.45) is 5.92 Å². The summed E-state index contributed by atoms with van der Waals surface area (Å²) in [5.74, 6) is 0.0404. The van der Waals surface area contributed by atoms with Gasteiger partial charge >= 0.3 is 0 Å². The smallest absolute Gasteiger partial charge is 0.252 e. The van der Waals surface area contributed by atoms with Crippen molar-refractivity contribution in [3.8, 4) is 0 Å². The minimum absolute atomic E-state index is 0.151. The van der Waals surface area contributed by atoms with Gasteiger partial charge in [0.05, 0.1) is 8.45 Å². The second-order valence-electron chi connectivity index (χ2n) is 4.47. The Morgan fingerprint density at radius 3 is 2.56 bits per heavy atom. The Balaban J connectivity index is 2.46. The molecular weight excluding hydrogens is 363 g/mol. The van der Waals surface area contributed by atoms with Crippen molar-refractivity contribution in [2.75, 3.05) is 6.54 Å². The van der Waals surface area contributed by atoms with E-state index in [4.69, 9.17) is 0 Å². The summed E-state index contributed by atoms with van der Waals surface area (Å²) in [7, 11) is 0. The highest BCUT2D eigenvalue weighted by Gasteiger charge is 2.17. The molecule has 1 aromatic rings. The predicted molar refractivity (Wildman–Crippen MR) is 81.8 cm³/mol. The van der Waals surface area contributed by atoms with Crippen molar-refractivity contribution in [1.82, 2.24) is 10.6 Å². The summed E-state index contributed by atoms with van der Waals surface area (Å²) in [6, 6.07) is 1.29. The van der Waals surface area contributed by atoms with Gasteiger partial charge in [0, 0.05) is 11.9 Å². The number of halogens is 1. The Bertz CT molecular complexity index is 431. The third kappa shape index (κ3) is 4.93. The molecule has 0 saturated carbocycles. The van der Waals surface area contributed by atoms with Crippen LogP contribution in [0.2, 0.25) is 0 Å². The van der Waals surface area contributed by atoms with Crippen molar-refractivity contribution in [2.45, 2.75) is 26.8 Å². The molecular formula is C12H17IN2O2S. The molecule has 4 nitrogen and oxygen atoms in total. The molecule has 0 aliphatic rings. The molecule has 0 spiro atoms. The quantitative estimate of drug-likeness (QED) is 0.770. The van der Waals surface area contributed by atoms with Gasteiger partial charge in [-0.2, -0.15) is 0 Å². The zero-order valence-electron chi connectivity index (χ0n) is 10.6. The van der Waals surface area contributed by atoms with Crippen LogP contribution in [0.4, 0.5) is 0 Å². The Morgan fingerprint density at radius 2 is 2.06 bits per heavy atom. The number of nitrogens with one attached hydrogen (secondary N) is 2. The van der Waals surface area contributed by atoms with E-state index < -0.39 is 6.04 Å². The van der Waals surface area contributed by atoms with Crippen LogP contribution >= 0.6 is 33.9 Å². The minimum atomic E-state index is -0.520. The first kappa shape index (κ1) is 15.4. The predicted octanol–water partition coefficient (Wildman–Crippen LogP) is 2.24. The van der Waals surface area contributed by atoms with Gasteiger partial charge in [-0.05, 0) is 41.5 Å². The van der Waals surface area contributed by atoms with Gasteiger partial charge in [0.15, 0.2) is 0 Å². The first-order chi connectivity index (χ1) is 8.40. The average molecular weight is 380 g/mol. The number of carbonyl (C=O) groups is 2. The van der Waals surface area contributed by atoms with Gasteiger partial charge in [-0.25, -0.2) is 0 Å². The van der Waals surface area contributed by atoms with Crippen LogP contribution in [0, 0.1) is 8.80 Å². The molecule has 2 amide bonds. The van der Waals surface area contributed by atoms with Crippen LogP contribution in [0.1, 0.15) is 31.1 Å². The van der Waals surface area contributed by atoms with Gasteiger partial charge in [-0.3, -0.25) is 9.59 Å². The second-order valence-corrected chi connectivity index (χ2v) is 7.28. The highest BCUT2D eigenvalue weighted by molar-refractivity contribution is 14.1. The molecule has 1 aromatic heterocycles. The summed E-state index contributed by atoms with van der Waals surface area (Å²) in [5.41, 5.74) is 0.605. The van der Waals surface area contributed by atoms with Crippen LogP contribution in [0.15, 0.2) is 11.4 Å². The molecule has 100 valence electrons. The van der Waals surface area contributed by atoms with Gasteiger partial charge in [-0.15, -0.1) is 11.3 Å². The van der Waals surface area contributed by atoms with Crippen LogP contribution < -0.4 is 10.6 Å². The third-order valence-electron chi connectivity index (χ3n) is 2.26. The highest BCUT2D eigenvalue weighted by atomic mass is 127. The molecule has 1 heterocycles. The minimum Gasteiger partial charge on any atom is -0.354 e. The summed E-state index contributed by atoms with van der Waals surface area (Å²) in [6.07, 6.45) is 0. The van der Waals surface area contributed by atoms with E-state index in [1.54, 1.807) is 18.4 Å². The molecule has 0 saturated heterocycles. The lowest BCUT2D eigenvalue weighted by Crippen LogP contribution is -2.45. The van der Waals surface area contributed by atoms with E-state index in [-0.39, 0.29) is 11.8 Å². The van der Waals surface area contributed by atoms with Crippen LogP contribution in [0.25, 0.3) is 0 Å². The Hall–Kier alpha value is -0.630. The lowest BCUT2D eigenvalue weighted by molar-refractivity contribution is -0.122. The molecule has 1 atom stereocenters. The largest absolute Gasteiger partial charge is 0.354 e. The lowest BCUT2D eigenvalue weighted by atomic mass is 10.2. The molecule has 0 aromatic carbocycles. The molecule has 2 N–H and O–H groups in total. The fourth-order valence-electron chi connectivity index (χ4n) is 1.23. The fourth-order valence-corrected chi connectivity index (χ4v) is 2.56. The second kappa shape index (κ2) is 7.08. The number of hydrogen-bond donors (Lipinski definition) is 2. The summed E-state index contributed by atoms with van der Waals surface area (Å²) in [5, 5.41) is 7.26. The average Bonchev–Trinajstić information content (AvgIpc) is 2.72. The van der Waals surface area contributed by atoms with Gasteiger partial charge < -0.3 is 10.6 Å². The first-order valence-electron chi connectivity index (χ1n) is 5.72. The van der Waals surface area contributed by atoms with Crippen molar-refractivity contribution in [1.29, 1.82) is 0 Å². The van der Waals surface area contributed by atoms with Gasteiger partial charge in [-0.1, -0.05) is 13.8 Å². The van der Waals surface area contributed by atoms with Crippen LogP contribution in [-0.4, -0.2) is 24.4 Å². The van der Waals surface area contributed by atoms with Crippen LogP contribution in [0.3, 0.4) is 0 Å². The highest BCUT2D eigenvalue weighted by Crippen LogP contribution is 2.16. The fraction of sp³-hybridized carbons (Fsp3) is 0.500. The summed E-state index contributed by atoms with van der Waals surface area (Å²) < 4.78 is 1.05. The topological polar surface area (TPSA) is 58.2 Å². The molecule has 6 heteroatoms. The monoisotopic (exact) mass is 380 g/mol. The zero-order valence-corrected chi connectivity index (χ0v) is 13.6. The van der Waals surface area contributed by atoms with Gasteiger partial charge in [0.1, 0.15) is 6.04 Å². The standard InChI is InChI=1S/C12H17IN2O2S/c1-7(2)5-14-11(16)8(3)15-12(17)9-4-10(13)18-6-9/h4,6-8H,5H2,1-3H3,(H,14,16)(H,15,17). The molecule has 0 fully saturated rings. The molecule has 0 bridgehead atoms. The lowest BCUT2D eigenvalue weighted by Gasteiger charge is -2.14. The number of carbonyl (C=O) groups excluding carboxylic acids is 2. The zero-order chi connectivity index (χ0) is 13.7. The van der Waals surface area contributed by atoms with E-state index in [9.17, 15) is 9.59 Å². The number of rotatable bonds is 5. The van der Waals surface area contributed by atoms with Crippen molar-refractivity contribution in [3.63, 3.8) is 0 Å². The van der Waals surface area contributed by atoms with Crippen molar-refractivity contribution >= 4 is 45.7 Å². The SMILES string of the molecule is CC(C)CNC(=O)C(C)NC(=O)c1csc(I)c1. The number of hydrogen-bond acceptors (Lipinski definition) is 3. The first-order valence-corrected chi connectivity index (χ1v) is 7.68. The normalized spacial score (nSPS) is 12.3. The summed E-state index contributed by atoms with van der Waals surface area (Å²) in [6.45, 7) is 6.36. The van der Waals surface area contributed by atoms with Gasteiger partial charge in [0.2, 0.25) is 5.91 Å². The van der Waals surface area contributed by atoms with E-state index in [1.165, 1.54) is 11.3 Å². The van der Waals surface area contributed by atoms with E-state index in [0.29, 0.717) is 18.0 Å². The molecule has 0 aliphatic carbocycles. The van der Waals surface area contributed by atoms with E-state index >= 15 is 0 Å². The van der Waals surface area contributed by atoms with E-state index in [0.717, 1.165) is 2.88 Å². The molecule has 1 unspecified atom stereocenters. The van der Waals surface area contributed by atoms with E-state index in [2.05, 4.69) is 33.2 Å². The Labute approximate surface area is 125 Å². The summed E-state index contributed by atoms with van der Waals surface area (Å²) >= 11 is 3.67.